The summed E-state index contributed by atoms with van der Waals surface area (Å²) in [5, 5.41) is 1.12. The Bertz CT molecular complexity index is 279. The van der Waals surface area contributed by atoms with Crippen LogP contribution in [0.15, 0.2) is 24.3 Å². The summed E-state index contributed by atoms with van der Waals surface area (Å²) in [5.41, 5.74) is 1.86. The summed E-state index contributed by atoms with van der Waals surface area (Å²) in [6.07, 6.45) is 0. The Balaban J connectivity index is 2.89. The van der Waals surface area contributed by atoms with Gasteiger partial charge in [0.2, 0.25) is 5.91 Å². The van der Waals surface area contributed by atoms with Gasteiger partial charge in [0.25, 0.3) is 0 Å². The van der Waals surface area contributed by atoms with E-state index in [1.54, 1.807) is 0 Å². The molecule has 12 heavy (non-hydrogen) atoms. The lowest BCUT2D eigenvalue weighted by molar-refractivity contribution is -0.116. The molecular formula is C9H12N2O. The van der Waals surface area contributed by atoms with Crippen molar-refractivity contribution in [3.05, 3.63) is 29.8 Å². The molecule has 0 heterocycles. The number of aryl methyl sites for hydroxylation is 1. The standard InChI is InChI=1S/C9H12N2O/c1-7-3-5-9(6-4-7)11(10)8(2)12/h3-6H,10H2,1-2H3. The number of rotatable bonds is 1. The smallest absolute Gasteiger partial charge is 0.238 e. The molecule has 0 saturated heterocycles. The van der Waals surface area contributed by atoms with Crippen LogP contribution in [0.2, 0.25) is 0 Å². The minimum absolute atomic E-state index is 0.168. The number of anilines is 1. The molecule has 0 saturated carbocycles. The first-order valence-electron chi connectivity index (χ1n) is 3.73. The maximum absolute atomic E-state index is 10.8. The van der Waals surface area contributed by atoms with Gasteiger partial charge < -0.3 is 0 Å². The number of benzene rings is 1. The van der Waals surface area contributed by atoms with E-state index in [0.29, 0.717) is 5.69 Å². The molecule has 0 aliphatic carbocycles. The second kappa shape index (κ2) is 3.36. The third kappa shape index (κ3) is 1.83. The van der Waals surface area contributed by atoms with E-state index in [4.69, 9.17) is 5.84 Å². The van der Waals surface area contributed by atoms with Crippen LogP contribution in [-0.4, -0.2) is 5.91 Å². The molecule has 1 aromatic rings. The molecule has 0 radical (unpaired) electrons. The van der Waals surface area contributed by atoms with Crippen molar-refractivity contribution < 1.29 is 4.79 Å². The van der Waals surface area contributed by atoms with Gasteiger partial charge in [-0.25, -0.2) is 10.9 Å². The van der Waals surface area contributed by atoms with Crippen molar-refractivity contribution in [1.29, 1.82) is 0 Å². The Labute approximate surface area is 71.8 Å². The zero-order chi connectivity index (χ0) is 9.14. The monoisotopic (exact) mass is 164 g/mol. The highest BCUT2D eigenvalue weighted by atomic mass is 16.2. The molecule has 0 spiro atoms. The minimum atomic E-state index is -0.168. The number of amides is 1. The molecule has 3 heteroatoms. The van der Waals surface area contributed by atoms with E-state index in [1.165, 1.54) is 6.92 Å². The first kappa shape index (κ1) is 8.74. The van der Waals surface area contributed by atoms with Crippen molar-refractivity contribution in [2.45, 2.75) is 13.8 Å². The third-order valence-electron chi connectivity index (χ3n) is 1.65. The molecule has 0 unspecified atom stereocenters. The minimum Gasteiger partial charge on any atom is -0.273 e. The molecular weight excluding hydrogens is 152 g/mol. The summed E-state index contributed by atoms with van der Waals surface area (Å²) < 4.78 is 0. The fourth-order valence-corrected chi connectivity index (χ4v) is 0.887. The van der Waals surface area contributed by atoms with Crippen LogP contribution in [0.5, 0.6) is 0 Å². The van der Waals surface area contributed by atoms with E-state index in [1.807, 2.05) is 31.2 Å². The molecule has 0 fully saturated rings. The Hall–Kier alpha value is -1.35. The second-order valence-electron chi connectivity index (χ2n) is 2.72. The zero-order valence-corrected chi connectivity index (χ0v) is 7.24. The van der Waals surface area contributed by atoms with E-state index in [2.05, 4.69) is 0 Å². The van der Waals surface area contributed by atoms with Crippen LogP contribution in [0.3, 0.4) is 0 Å². The van der Waals surface area contributed by atoms with Crippen LogP contribution in [-0.2, 0) is 4.79 Å². The van der Waals surface area contributed by atoms with Crippen LogP contribution in [0.1, 0.15) is 12.5 Å². The van der Waals surface area contributed by atoms with Crippen molar-refractivity contribution in [3.63, 3.8) is 0 Å². The highest BCUT2D eigenvalue weighted by Crippen LogP contribution is 2.11. The topological polar surface area (TPSA) is 46.3 Å². The van der Waals surface area contributed by atoms with Crippen molar-refractivity contribution in [3.8, 4) is 0 Å². The van der Waals surface area contributed by atoms with Gasteiger partial charge in [0.15, 0.2) is 0 Å². The van der Waals surface area contributed by atoms with Gasteiger partial charge in [-0.05, 0) is 19.1 Å². The molecule has 0 aromatic heterocycles. The van der Waals surface area contributed by atoms with Gasteiger partial charge in [-0.2, -0.15) is 0 Å². The first-order valence-corrected chi connectivity index (χ1v) is 3.73. The molecule has 0 aliphatic heterocycles. The van der Waals surface area contributed by atoms with Crippen molar-refractivity contribution in [1.82, 2.24) is 0 Å². The quantitative estimate of drug-likeness (QED) is 0.385. The second-order valence-corrected chi connectivity index (χ2v) is 2.72. The van der Waals surface area contributed by atoms with Crippen molar-refractivity contribution in [2.75, 3.05) is 5.01 Å². The highest BCUT2D eigenvalue weighted by Gasteiger charge is 2.04. The summed E-state index contributed by atoms with van der Waals surface area (Å²) in [4.78, 5) is 10.8. The molecule has 0 aliphatic rings. The molecule has 1 amide bonds. The highest BCUT2D eigenvalue weighted by molar-refractivity contribution is 5.90. The summed E-state index contributed by atoms with van der Waals surface area (Å²) in [7, 11) is 0. The third-order valence-corrected chi connectivity index (χ3v) is 1.65. The predicted octanol–water partition coefficient (Wildman–Crippen LogP) is 1.22. The number of nitrogens with two attached hydrogens (primary N) is 1. The number of hydrogen-bond acceptors (Lipinski definition) is 2. The van der Waals surface area contributed by atoms with Crippen LogP contribution in [0.25, 0.3) is 0 Å². The van der Waals surface area contributed by atoms with E-state index >= 15 is 0 Å². The lowest BCUT2D eigenvalue weighted by Gasteiger charge is -2.13. The zero-order valence-electron chi connectivity index (χ0n) is 7.24. The van der Waals surface area contributed by atoms with Gasteiger partial charge in [0.1, 0.15) is 0 Å². The van der Waals surface area contributed by atoms with Crippen molar-refractivity contribution in [2.24, 2.45) is 5.84 Å². The first-order chi connectivity index (χ1) is 5.61. The van der Waals surface area contributed by atoms with Crippen LogP contribution >= 0.6 is 0 Å². The molecule has 0 bridgehead atoms. The summed E-state index contributed by atoms with van der Waals surface area (Å²) >= 11 is 0. The van der Waals surface area contributed by atoms with Crippen LogP contribution < -0.4 is 10.9 Å². The number of hydrazine groups is 1. The van der Waals surface area contributed by atoms with E-state index < -0.39 is 0 Å². The molecule has 64 valence electrons. The normalized spacial score (nSPS) is 9.58. The summed E-state index contributed by atoms with van der Waals surface area (Å²) in [6, 6.07) is 7.46. The fourth-order valence-electron chi connectivity index (χ4n) is 0.887. The Morgan fingerprint density at radius 3 is 2.25 bits per heavy atom. The Kier molecular flexibility index (Phi) is 2.45. The SMILES string of the molecule is CC(=O)N(N)c1ccc(C)cc1. The van der Waals surface area contributed by atoms with Gasteiger partial charge in [-0.15, -0.1) is 0 Å². The molecule has 1 aromatic carbocycles. The van der Waals surface area contributed by atoms with Gasteiger partial charge in [-0.3, -0.25) is 4.79 Å². The Morgan fingerprint density at radius 1 is 1.33 bits per heavy atom. The van der Waals surface area contributed by atoms with Gasteiger partial charge >= 0.3 is 0 Å². The molecule has 1 rings (SSSR count). The van der Waals surface area contributed by atoms with Crippen LogP contribution in [0.4, 0.5) is 5.69 Å². The average Bonchev–Trinajstić information content (AvgIpc) is 2.04. The van der Waals surface area contributed by atoms with Crippen LogP contribution in [0, 0.1) is 6.92 Å². The van der Waals surface area contributed by atoms with Gasteiger partial charge in [-0.1, -0.05) is 17.7 Å². The fraction of sp³-hybridized carbons (Fsp3) is 0.222. The maximum atomic E-state index is 10.8. The van der Waals surface area contributed by atoms with Crippen molar-refractivity contribution >= 4 is 11.6 Å². The maximum Gasteiger partial charge on any atom is 0.238 e. The number of carbonyl (C=O) groups excluding carboxylic acids is 1. The Morgan fingerprint density at radius 2 is 1.83 bits per heavy atom. The summed E-state index contributed by atoms with van der Waals surface area (Å²) in [5.74, 6) is 5.30. The number of hydrogen-bond donors (Lipinski definition) is 1. The van der Waals surface area contributed by atoms with E-state index in [9.17, 15) is 4.79 Å². The van der Waals surface area contributed by atoms with Gasteiger partial charge in [0.05, 0.1) is 5.69 Å². The lowest BCUT2D eigenvalue weighted by Crippen LogP contribution is -2.35. The van der Waals surface area contributed by atoms with E-state index in [0.717, 1.165) is 10.6 Å². The average molecular weight is 164 g/mol. The lowest BCUT2D eigenvalue weighted by atomic mass is 10.2. The molecule has 2 N–H and O–H groups in total. The molecule has 0 atom stereocenters. The summed E-state index contributed by atoms with van der Waals surface area (Å²) in [6.45, 7) is 3.41. The largest absolute Gasteiger partial charge is 0.273 e. The van der Waals surface area contributed by atoms with E-state index in [-0.39, 0.29) is 5.91 Å². The number of carbonyl (C=O) groups is 1. The number of nitrogens with zero attached hydrogens (tertiary/aromatic N) is 1. The van der Waals surface area contributed by atoms with Gasteiger partial charge in [0, 0.05) is 6.92 Å². The molecule has 3 nitrogen and oxygen atoms in total. The predicted molar refractivity (Wildman–Crippen MR) is 48.5 cm³/mol.